The molecule has 0 radical (unpaired) electrons. The summed E-state index contributed by atoms with van der Waals surface area (Å²) in [5, 5.41) is 0. The lowest BCUT2D eigenvalue weighted by atomic mass is 10.4. The number of aromatic nitrogens is 1. The molecular formula is C8H11NO2S. The van der Waals surface area contributed by atoms with E-state index in [1.807, 2.05) is 13.8 Å². The van der Waals surface area contributed by atoms with E-state index in [0.29, 0.717) is 4.88 Å². The summed E-state index contributed by atoms with van der Waals surface area (Å²) in [6.07, 6.45) is -0.0704. The molecule has 1 aromatic heterocycles. The fraction of sp³-hybridized carbons (Fsp3) is 0.500. The molecule has 3 nitrogen and oxygen atoms in total. The van der Waals surface area contributed by atoms with Crippen LogP contribution in [0.1, 0.15) is 29.2 Å². The molecule has 66 valence electrons. The summed E-state index contributed by atoms with van der Waals surface area (Å²) in [7, 11) is 0. The molecule has 0 N–H and O–H groups in total. The maximum atomic E-state index is 11.3. The van der Waals surface area contributed by atoms with Crippen LogP contribution in [-0.4, -0.2) is 17.1 Å². The first-order valence-corrected chi connectivity index (χ1v) is 4.60. The Balaban J connectivity index is 2.72. The molecule has 0 spiro atoms. The summed E-state index contributed by atoms with van der Waals surface area (Å²) >= 11 is 1.31. The third-order valence-electron chi connectivity index (χ3n) is 1.27. The molecule has 0 atom stereocenters. The number of aryl methyl sites for hydroxylation is 1. The minimum absolute atomic E-state index is 0.0704. The van der Waals surface area contributed by atoms with Gasteiger partial charge in [-0.1, -0.05) is 0 Å². The van der Waals surface area contributed by atoms with E-state index in [9.17, 15) is 4.79 Å². The van der Waals surface area contributed by atoms with Crippen LogP contribution in [0.25, 0.3) is 0 Å². The largest absolute Gasteiger partial charge is 0.459 e. The van der Waals surface area contributed by atoms with Crippen molar-refractivity contribution in [3.8, 4) is 0 Å². The topological polar surface area (TPSA) is 39.2 Å². The number of rotatable bonds is 2. The fourth-order valence-corrected chi connectivity index (χ4v) is 1.45. The van der Waals surface area contributed by atoms with Crippen LogP contribution in [0, 0.1) is 6.92 Å². The van der Waals surface area contributed by atoms with E-state index < -0.39 is 0 Å². The zero-order valence-electron chi connectivity index (χ0n) is 7.33. The summed E-state index contributed by atoms with van der Waals surface area (Å²) in [6, 6.07) is 0. The average molecular weight is 185 g/mol. The lowest BCUT2D eigenvalue weighted by Crippen LogP contribution is -2.11. The number of thiazole rings is 1. The highest BCUT2D eigenvalue weighted by atomic mass is 32.1. The van der Waals surface area contributed by atoms with Gasteiger partial charge in [0, 0.05) is 0 Å². The lowest BCUT2D eigenvalue weighted by molar-refractivity contribution is 0.0383. The quantitative estimate of drug-likeness (QED) is 0.662. The Hall–Kier alpha value is -0.900. The Kier molecular flexibility index (Phi) is 2.81. The lowest BCUT2D eigenvalue weighted by Gasteiger charge is -2.05. The highest BCUT2D eigenvalue weighted by Crippen LogP contribution is 2.13. The molecule has 0 amide bonds. The van der Waals surface area contributed by atoms with E-state index in [0.717, 1.165) is 5.69 Å². The van der Waals surface area contributed by atoms with E-state index >= 15 is 0 Å². The van der Waals surface area contributed by atoms with Gasteiger partial charge in [-0.15, -0.1) is 11.3 Å². The third kappa shape index (κ3) is 2.04. The van der Waals surface area contributed by atoms with E-state index in [1.165, 1.54) is 11.3 Å². The van der Waals surface area contributed by atoms with Crippen LogP contribution in [0.3, 0.4) is 0 Å². The molecule has 1 rings (SSSR count). The second-order valence-corrected chi connectivity index (χ2v) is 3.58. The Morgan fingerprint density at radius 3 is 2.75 bits per heavy atom. The van der Waals surface area contributed by atoms with Gasteiger partial charge in [0.15, 0.2) is 0 Å². The molecule has 0 fully saturated rings. The number of carbonyl (C=O) groups is 1. The summed E-state index contributed by atoms with van der Waals surface area (Å²) in [5.74, 6) is -0.273. The molecular weight excluding hydrogens is 174 g/mol. The molecule has 0 aliphatic carbocycles. The van der Waals surface area contributed by atoms with Crippen LogP contribution in [-0.2, 0) is 4.74 Å². The van der Waals surface area contributed by atoms with Gasteiger partial charge in [0.1, 0.15) is 4.88 Å². The van der Waals surface area contributed by atoms with Crippen LogP contribution < -0.4 is 0 Å². The van der Waals surface area contributed by atoms with Gasteiger partial charge in [-0.25, -0.2) is 9.78 Å². The van der Waals surface area contributed by atoms with Crippen molar-refractivity contribution in [1.29, 1.82) is 0 Å². The minimum atomic E-state index is -0.273. The summed E-state index contributed by atoms with van der Waals surface area (Å²) in [6.45, 7) is 5.45. The smallest absolute Gasteiger partial charge is 0.350 e. The fourth-order valence-electron chi connectivity index (χ4n) is 0.765. The maximum Gasteiger partial charge on any atom is 0.350 e. The summed E-state index contributed by atoms with van der Waals surface area (Å²) < 4.78 is 5.01. The van der Waals surface area contributed by atoms with Crippen LogP contribution in [0.2, 0.25) is 0 Å². The van der Waals surface area contributed by atoms with Crippen LogP contribution in [0.5, 0.6) is 0 Å². The van der Waals surface area contributed by atoms with Crippen molar-refractivity contribution in [2.75, 3.05) is 0 Å². The second kappa shape index (κ2) is 3.67. The molecule has 0 unspecified atom stereocenters. The standard InChI is InChI=1S/C8H11NO2S/c1-5(2)11-8(10)7-6(3)9-4-12-7/h4-5H,1-3H3. The molecule has 0 aliphatic heterocycles. The monoisotopic (exact) mass is 185 g/mol. The number of esters is 1. The number of hydrogen-bond donors (Lipinski definition) is 0. The van der Waals surface area contributed by atoms with Crippen molar-refractivity contribution in [2.45, 2.75) is 26.9 Å². The first kappa shape index (κ1) is 9.19. The molecule has 0 saturated heterocycles. The number of carbonyl (C=O) groups excluding carboxylic acids is 1. The van der Waals surface area contributed by atoms with Gasteiger partial charge in [-0.3, -0.25) is 0 Å². The van der Waals surface area contributed by atoms with Crippen molar-refractivity contribution in [1.82, 2.24) is 4.98 Å². The van der Waals surface area contributed by atoms with Crippen LogP contribution in [0.15, 0.2) is 5.51 Å². The predicted molar refractivity (Wildman–Crippen MR) is 47.4 cm³/mol. The number of ether oxygens (including phenoxy) is 1. The van der Waals surface area contributed by atoms with Crippen LogP contribution in [0.4, 0.5) is 0 Å². The van der Waals surface area contributed by atoms with Gasteiger partial charge >= 0.3 is 5.97 Å². The molecule has 12 heavy (non-hydrogen) atoms. The van der Waals surface area contributed by atoms with Gasteiger partial charge in [0.2, 0.25) is 0 Å². The summed E-state index contributed by atoms with van der Waals surface area (Å²) in [4.78, 5) is 15.8. The zero-order chi connectivity index (χ0) is 9.14. The van der Waals surface area contributed by atoms with E-state index in [2.05, 4.69) is 4.98 Å². The van der Waals surface area contributed by atoms with Crippen LogP contribution >= 0.6 is 11.3 Å². The Morgan fingerprint density at radius 1 is 1.67 bits per heavy atom. The summed E-state index contributed by atoms with van der Waals surface area (Å²) in [5.41, 5.74) is 2.39. The van der Waals surface area contributed by atoms with Gasteiger partial charge in [0.05, 0.1) is 17.3 Å². The first-order valence-electron chi connectivity index (χ1n) is 3.72. The van der Waals surface area contributed by atoms with Gasteiger partial charge < -0.3 is 4.74 Å². The normalized spacial score (nSPS) is 10.3. The van der Waals surface area contributed by atoms with Gasteiger partial charge in [0.25, 0.3) is 0 Å². The van der Waals surface area contributed by atoms with E-state index in [1.54, 1.807) is 12.4 Å². The van der Waals surface area contributed by atoms with Crippen molar-refractivity contribution >= 4 is 17.3 Å². The Labute approximate surface area is 75.4 Å². The zero-order valence-corrected chi connectivity index (χ0v) is 8.14. The van der Waals surface area contributed by atoms with Crippen molar-refractivity contribution in [3.63, 3.8) is 0 Å². The molecule has 1 aromatic rings. The molecule has 4 heteroatoms. The Bertz CT molecular complexity index is 280. The van der Waals surface area contributed by atoms with Crippen molar-refractivity contribution in [2.24, 2.45) is 0 Å². The van der Waals surface area contributed by atoms with Crippen molar-refractivity contribution in [3.05, 3.63) is 16.1 Å². The van der Waals surface area contributed by atoms with E-state index in [4.69, 9.17) is 4.74 Å². The number of hydrogen-bond acceptors (Lipinski definition) is 4. The van der Waals surface area contributed by atoms with Gasteiger partial charge in [-0.2, -0.15) is 0 Å². The first-order chi connectivity index (χ1) is 5.61. The van der Waals surface area contributed by atoms with E-state index in [-0.39, 0.29) is 12.1 Å². The SMILES string of the molecule is Cc1ncsc1C(=O)OC(C)C. The molecule has 0 aliphatic rings. The molecule has 0 bridgehead atoms. The highest BCUT2D eigenvalue weighted by molar-refractivity contribution is 7.11. The predicted octanol–water partition coefficient (Wildman–Crippen LogP) is 2.02. The number of nitrogens with zero attached hydrogens (tertiary/aromatic N) is 1. The minimum Gasteiger partial charge on any atom is -0.459 e. The molecule has 0 aromatic carbocycles. The van der Waals surface area contributed by atoms with Crippen molar-refractivity contribution < 1.29 is 9.53 Å². The third-order valence-corrected chi connectivity index (χ3v) is 2.18. The second-order valence-electron chi connectivity index (χ2n) is 2.72. The average Bonchev–Trinajstić information content (AvgIpc) is 2.33. The highest BCUT2D eigenvalue weighted by Gasteiger charge is 2.13. The maximum absolute atomic E-state index is 11.3. The Morgan fingerprint density at radius 2 is 2.33 bits per heavy atom. The molecule has 0 saturated carbocycles. The molecule has 1 heterocycles. The van der Waals surface area contributed by atoms with Gasteiger partial charge in [-0.05, 0) is 20.8 Å².